The normalized spacial score (nSPS) is 12.2. The second-order valence-corrected chi connectivity index (χ2v) is 12.8. The van der Waals surface area contributed by atoms with Gasteiger partial charge in [0.1, 0.15) is 0 Å². The van der Waals surface area contributed by atoms with Crippen LogP contribution in [0.2, 0.25) is 19.1 Å². The van der Waals surface area contributed by atoms with E-state index in [1.807, 2.05) is 13.8 Å². The fourth-order valence-electron chi connectivity index (χ4n) is 3.46. The smallest absolute Gasteiger partial charge is 0.255 e. The lowest BCUT2D eigenvalue weighted by Crippen LogP contribution is -2.45. The van der Waals surface area contributed by atoms with Gasteiger partial charge in [0.2, 0.25) is 0 Å². The Kier molecular flexibility index (Phi) is 8.33. The van der Waals surface area contributed by atoms with Gasteiger partial charge in [-0.25, -0.2) is 4.39 Å². The minimum Gasteiger partial charge on any atom is -0.490 e. The van der Waals surface area contributed by atoms with Crippen LogP contribution in [0.1, 0.15) is 57.8 Å². The first-order chi connectivity index (χ1) is 12.4. The van der Waals surface area contributed by atoms with E-state index in [0.717, 1.165) is 18.9 Å². The fraction of sp³-hybridized carbons (Fsp3) is 0.667. The minimum absolute atomic E-state index is 0.0157. The molecule has 0 spiro atoms. The quantitative estimate of drug-likeness (QED) is 0.469. The van der Waals surface area contributed by atoms with Crippen molar-refractivity contribution in [3.8, 4) is 11.5 Å². The molecule has 1 N–H and O–H groups in total. The van der Waals surface area contributed by atoms with Crippen molar-refractivity contribution in [1.29, 1.82) is 0 Å². The van der Waals surface area contributed by atoms with E-state index in [-0.39, 0.29) is 22.8 Å². The van der Waals surface area contributed by atoms with Gasteiger partial charge in [0.15, 0.2) is 17.3 Å². The van der Waals surface area contributed by atoms with Crippen molar-refractivity contribution in [1.82, 2.24) is 5.32 Å². The molecule has 1 amide bonds. The van der Waals surface area contributed by atoms with Crippen LogP contribution in [0.5, 0.6) is 11.5 Å². The lowest BCUT2D eigenvalue weighted by Gasteiger charge is -2.33. The zero-order chi connectivity index (χ0) is 20.8. The van der Waals surface area contributed by atoms with Crippen molar-refractivity contribution >= 4 is 14.7 Å². The maximum Gasteiger partial charge on any atom is 0.255 e. The number of benzene rings is 1. The van der Waals surface area contributed by atoms with Crippen molar-refractivity contribution < 1.29 is 18.7 Å². The summed E-state index contributed by atoms with van der Waals surface area (Å²) >= 11 is 0. The van der Waals surface area contributed by atoms with Crippen LogP contribution in [0.15, 0.2) is 12.1 Å². The summed E-state index contributed by atoms with van der Waals surface area (Å²) in [5.74, 6) is -0.642. The Morgan fingerprint density at radius 1 is 1.15 bits per heavy atom. The highest BCUT2D eigenvalue weighted by atomic mass is 28.3. The standard InChI is InChI=1S/C21H36FNO3Si/c1-20(2,3)14-21(4,5)23-19(24)15-10-11-16(22)18(25-6)17(15)26-12-9-13-27(7)8/h10-11,27H,9,12-14H2,1-8H3,(H,23,24). The van der Waals surface area contributed by atoms with Crippen molar-refractivity contribution in [3.05, 3.63) is 23.5 Å². The minimum atomic E-state index is -0.672. The zero-order valence-corrected chi connectivity index (χ0v) is 19.3. The molecule has 0 radical (unpaired) electrons. The average molecular weight is 398 g/mol. The van der Waals surface area contributed by atoms with Crippen LogP contribution >= 0.6 is 0 Å². The Balaban J connectivity index is 3.05. The summed E-state index contributed by atoms with van der Waals surface area (Å²) in [4.78, 5) is 12.9. The van der Waals surface area contributed by atoms with Crippen molar-refractivity contribution in [2.24, 2.45) is 5.41 Å². The molecule has 0 heterocycles. The van der Waals surface area contributed by atoms with Crippen LogP contribution in [-0.4, -0.2) is 34.0 Å². The second kappa shape index (κ2) is 9.58. The topological polar surface area (TPSA) is 47.6 Å². The number of rotatable bonds is 9. The Bertz CT molecular complexity index is 639. The molecule has 154 valence electrons. The molecule has 0 saturated heterocycles. The number of amides is 1. The lowest BCUT2D eigenvalue weighted by molar-refractivity contribution is 0.0886. The molecule has 0 atom stereocenters. The van der Waals surface area contributed by atoms with Crippen LogP contribution in [-0.2, 0) is 0 Å². The Hall–Kier alpha value is -1.56. The van der Waals surface area contributed by atoms with E-state index in [1.54, 1.807) is 0 Å². The Morgan fingerprint density at radius 2 is 1.78 bits per heavy atom. The van der Waals surface area contributed by atoms with Crippen LogP contribution in [0, 0.1) is 11.2 Å². The summed E-state index contributed by atoms with van der Waals surface area (Å²) < 4.78 is 25.2. The molecule has 0 bridgehead atoms. The first-order valence-corrected chi connectivity index (χ1v) is 12.8. The molecule has 0 unspecified atom stereocenters. The molecule has 0 saturated carbocycles. The largest absolute Gasteiger partial charge is 0.490 e. The number of hydrogen-bond donors (Lipinski definition) is 1. The van der Waals surface area contributed by atoms with Crippen LogP contribution in [0.3, 0.4) is 0 Å². The molecule has 1 aromatic rings. The van der Waals surface area contributed by atoms with Gasteiger partial charge >= 0.3 is 0 Å². The molecule has 6 heteroatoms. The number of halogens is 1. The van der Waals surface area contributed by atoms with Gasteiger partial charge < -0.3 is 14.8 Å². The van der Waals surface area contributed by atoms with Gasteiger partial charge in [-0.3, -0.25) is 4.79 Å². The van der Waals surface area contributed by atoms with Crippen molar-refractivity contribution in [3.63, 3.8) is 0 Å². The number of carbonyl (C=O) groups is 1. The fourth-order valence-corrected chi connectivity index (χ4v) is 4.44. The molecule has 0 aliphatic rings. The molecule has 0 aliphatic heterocycles. The first-order valence-electron chi connectivity index (χ1n) is 9.68. The van der Waals surface area contributed by atoms with E-state index in [4.69, 9.17) is 9.47 Å². The van der Waals surface area contributed by atoms with E-state index in [2.05, 4.69) is 39.2 Å². The summed E-state index contributed by atoms with van der Waals surface area (Å²) in [6.45, 7) is 15.4. The highest BCUT2D eigenvalue weighted by Gasteiger charge is 2.29. The molecule has 1 rings (SSSR count). The van der Waals surface area contributed by atoms with Gasteiger partial charge in [0.05, 0.1) is 19.3 Å². The van der Waals surface area contributed by atoms with Crippen LogP contribution in [0.4, 0.5) is 4.39 Å². The van der Waals surface area contributed by atoms with E-state index in [0.29, 0.717) is 12.2 Å². The molecular weight excluding hydrogens is 361 g/mol. The van der Waals surface area contributed by atoms with Crippen molar-refractivity contribution in [2.45, 2.75) is 72.1 Å². The maximum atomic E-state index is 14.2. The molecule has 0 aromatic heterocycles. The summed E-state index contributed by atoms with van der Waals surface area (Å²) in [7, 11) is 0.715. The Morgan fingerprint density at radius 3 is 2.30 bits per heavy atom. The summed E-state index contributed by atoms with van der Waals surface area (Å²) in [6, 6.07) is 3.85. The third-order valence-corrected chi connectivity index (χ3v) is 5.67. The molecule has 4 nitrogen and oxygen atoms in total. The third kappa shape index (κ3) is 7.91. The van der Waals surface area contributed by atoms with Gasteiger partial charge in [0, 0.05) is 14.3 Å². The number of ether oxygens (including phenoxy) is 2. The summed E-state index contributed by atoms with van der Waals surface area (Å²) in [5, 5.41) is 3.06. The lowest BCUT2D eigenvalue weighted by atomic mass is 9.81. The molecule has 27 heavy (non-hydrogen) atoms. The number of carbonyl (C=O) groups excluding carboxylic acids is 1. The van der Waals surface area contributed by atoms with E-state index in [1.165, 1.54) is 19.2 Å². The highest BCUT2D eigenvalue weighted by Crippen LogP contribution is 2.35. The predicted molar refractivity (Wildman–Crippen MR) is 112 cm³/mol. The molecular formula is C21H36FNO3Si. The van der Waals surface area contributed by atoms with Gasteiger partial charge in [-0.15, -0.1) is 0 Å². The SMILES string of the molecule is COc1c(F)ccc(C(=O)NC(C)(C)CC(C)(C)C)c1OCCC[SiH](C)C. The van der Waals surface area contributed by atoms with Gasteiger partial charge in [0.25, 0.3) is 5.91 Å². The average Bonchev–Trinajstić information content (AvgIpc) is 2.48. The third-order valence-electron chi connectivity index (χ3n) is 4.11. The number of nitrogens with one attached hydrogen (secondary N) is 1. The Labute approximate surface area is 165 Å². The molecule has 0 fully saturated rings. The van der Waals surface area contributed by atoms with Crippen LogP contribution in [0.25, 0.3) is 0 Å². The first kappa shape index (κ1) is 23.5. The zero-order valence-electron chi connectivity index (χ0n) is 18.2. The van der Waals surface area contributed by atoms with Gasteiger partial charge in [-0.2, -0.15) is 0 Å². The monoisotopic (exact) mass is 397 g/mol. The second-order valence-electron chi connectivity index (χ2n) is 9.42. The summed E-state index contributed by atoms with van der Waals surface area (Å²) in [6.07, 6.45) is 1.69. The van der Waals surface area contributed by atoms with E-state index in [9.17, 15) is 9.18 Å². The van der Waals surface area contributed by atoms with E-state index < -0.39 is 20.2 Å². The number of hydrogen-bond acceptors (Lipinski definition) is 3. The predicted octanol–water partition coefficient (Wildman–Crippen LogP) is 5.03. The highest BCUT2D eigenvalue weighted by molar-refractivity contribution is 6.55. The van der Waals surface area contributed by atoms with Gasteiger partial charge in [-0.05, 0) is 44.2 Å². The van der Waals surface area contributed by atoms with E-state index >= 15 is 0 Å². The van der Waals surface area contributed by atoms with Crippen LogP contribution < -0.4 is 14.8 Å². The van der Waals surface area contributed by atoms with Crippen molar-refractivity contribution in [2.75, 3.05) is 13.7 Å². The molecule has 1 aromatic carbocycles. The van der Waals surface area contributed by atoms with Gasteiger partial charge in [-0.1, -0.05) is 39.9 Å². The summed E-state index contributed by atoms with van der Waals surface area (Å²) in [5.41, 5.74) is -0.0357. The molecule has 0 aliphatic carbocycles. The number of methoxy groups -OCH3 is 1. The maximum absolute atomic E-state index is 14.2.